The van der Waals surface area contributed by atoms with E-state index < -0.39 is 0 Å². The summed E-state index contributed by atoms with van der Waals surface area (Å²) in [6, 6.07) is 21.5. The molecule has 0 spiro atoms. The van der Waals surface area contributed by atoms with Crippen molar-refractivity contribution < 1.29 is 14.0 Å². The van der Waals surface area contributed by atoms with Crippen molar-refractivity contribution in [3.05, 3.63) is 94.9 Å². The second-order valence-corrected chi connectivity index (χ2v) is 6.96. The summed E-state index contributed by atoms with van der Waals surface area (Å²) in [5.41, 5.74) is 1.71. The lowest BCUT2D eigenvalue weighted by Crippen LogP contribution is -2.14. The fourth-order valence-electron chi connectivity index (χ4n) is 2.94. The standard InChI is InChI=1S/C22H15BrN2O3/c23-19-10-3-7-16-17(19)8-2-9-18(16)21(26)24-14-5-1-6-15(13-14)25-22(27)20-11-4-12-28-20/h1-13H,(H,24,26)(H,25,27). The molecule has 0 radical (unpaired) electrons. The van der Waals surface area contributed by atoms with Crippen molar-refractivity contribution in [2.75, 3.05) is 10.6 Å². The average molecular weight is 435 g/mol. The van der Waals surface area contributed by atoms with Gasteiger partial charge in [0, 0.05) is 21.4 Å². The van der Waals surface area contributed by atoms with Crippen LogP contribution in [0, 0.1) is 0 Å². The highest BCUT2D eigenvalue weighted by atomic mass is 79.9. The van der Waals surface area contributed by atoms with E-state index in [1.807, 2.05) is 30.3 Å². The molecule has 2 N–H and O–H groups in total. The van der Waals surface area contributed by atoms with Crippen molar-refractivity contribution in [2.45, 2.75) is 0 Å². The molecule has 0 aliphatic rings. The molecule has 1 heterocycles. The maximum Gasteiger partial charge on any atom is 0.291 e. The van der Waals surface area contributed by atoms with Crippen LogP contribution in [0.3, 0.4) is 0 Å². The molecule has 3 aromatic carbocycles. The fraction of sp³-hybridized carbons (Fsp3) is 0. The molecular formula is C22H15BrN2O3. The number of halogens is 1. The molecule has 0 saturated heterocycles. The molecule has 1 aromatic heterocycles. The summed E-state index contributed by atoms with van der Waals surface area (Å²) in [5, 5.41) is 7.46. The van der Waals surface area contributed by atoms with Crippen molar-refractivity contribution in [2.24, 2.45) is 0 Å². The Morgan fingerprint density at radius 1 is 0.750 bits per heavy atom. The van der Waals surface area contributed by atoms with E-state index in [-0.39, 0.29) is 17.6 Å². The van der Waals surface area contributed by atoms with Gasteiger partial charge in [-0.25, -0.2) is 0 Å². The first-order valence-electron chi connectivity index (χ1n) is 8.55. The van der Waals surface area contributed by atoms with Gasteiger partial charge in [0.05, 0.1) is 6.26 Å². The summed E-state index contributed by atoms with van der Waals surface area (Å²) >= 11 is 3.52. The quantitative estimate of drug-likeness (QED) is 0.432. The first kappa shape index (κ1) is 18.0. The van der Waals surface area contributed by atoms with Crippen molar-refractivity contribution in [1.82, 2.24) is 0 Å². The van der Waals surface area contributed by atoms with Crippen LogP contribution >= 0.6 is 15.9 Å². The monoisotopic (exact) mass is 434 g/mol. The van der Waals surface area contributed by atoms with Gasteiger partial charge in [-0.1, -0.05) is 46.3 Å². The maximum absolute atomic E-state index is 12.8. The van der Waals surface area contributed by atoms with Gasteiger partial charge >= 0.3 is 0 Å². The summed E-state index contributed by atoms with van der Waals surface area (Å²) in [6.07, 6.45) is 1.44. The average Bonchev–Trinajstić information content (AvgIpc) is 3.23. The van der Waals surface area contributed by atoms with Crippen LogP contribution in [-0.4, -0.2) is 11.8 Å². The molecule has 0 fully saturated rings. The van der Waals surface area contributed by atoms with Gasteiger partial charge in [0.2, 0.25) is 0 Å². The van der Waals surface area contributed by atoms with E-state index in [0.29, 0.717) is 16.9 Å². The lowest BCUT2D eigenvalue weighted by atomic mass is 10.0. The molecule has 5 nitrogen and oxygen atoms in total. The highest BCUT2D eigenvalue weighted by molar-refractivity contribution is 9.10. The number of fused-ring (bicyclic) bond motifs is 1. The number of carbonyl (C=O) groups excluding carboxylic acids is 2. The predicted octanol–water partition coefficient (Wildman–Crippen LogP) is 5.70. The molecule has 138 valence electrons. The van der Waals surface area contributed by atoms with Gasteiger partial charge in [0.25, 0.3) is 11.8 Å². The van der Waals surface area contributed by atoms with Gasteiger partial charge in [0.15, 0.2) is 5.76 Å². The minimum atomic E-state index is -0.354. The van der Waals surface area contributed by atoms with E-state index in [9.17, 15) is 9.59 Å². The largest absolute Gasteiger partial charge is 0.459 e. The summed E-state index contributed by atoms with van der Waals surface area (Å²) in [5.74, 6) is -0.360. The van der Waals surface area contributed by atoms with Crippen molar-refractivity contribution in [1.29, 1.82) is 0 Å². The molecule has 0 saturated carbocycles. The number of nitrogens with one attached hydrogen (secondary N) is 2. The topological polar surface area (TPSA) is 71.3 Å². The summed E-state index contributed by atoms with van der Waals surface area (Å²) in [6.45, 7) is 0. The molecule has 0 unspecified atom stereocenters. The first-order chi connectivity index (χ1) is 13.6. The molecule has 0 bridgehead atoms. The molecule has 0 atom stereocenters. The van der Waals surface area contributed by atoms with Crippen LogP contribution in [0.15, 0.2) is 87.9 Å². The summed E-state index contributed by atoms with van der Waals surface area (Å²) < 4.78 is 6.02. The molecule has 6 heteroatoms. The Morgan fingerprint density at radius 3 is 2.18 bits per heavy atom. The van der Waals surface area contributed by atoms with Crippen LogP contribution in [-0.2, 0) is 0 Å². The number of anilines is 2. The predicted molar refractivity (Wildman–Crippen MR) is 113 cm³/mol. The highest BCUT2D eigenvalue weighted by Gasteiger charge is 2.13. The Labute approximate surface area is 169 Å². The van der Waals surface area contributed by atoms with Gasteiger partial charge in [-0.05, 0) is 53.2 Å². The Hall–Kier alpha value is -3.38. The van der Waals surface area contributed by atoms with E-state index in [1.54, 1.807) is 42.5 Å². The molecule has 4 aromatic rings. The van der Waals surface area contributed by atoms with Crippen LogP contribution in [0.2, 0.25) is 0 Å². The van der Waals surface area contributed by atoms with Crippen molar-refractivity contribution in [3.8, 4) is 0 Å². The third kappa shape index (κ3) is 3.68. The van der Waals surface area contributed by atoms with E-state index >= 15 is 0 Å². The molecule has 2 amide bonds. The van der Waals surface area contributed by atoms with Gasteiger partial charge in [-0.2, -0.15) is 0 Å². The summed E-state index contributed by atoms with van der Waals surface area (Å²) in [4.78, 5) is 24.9. The van der Waals surface area contributed by atoms with Crippen LogP contribution < -0.4 is 10.6 Å². The maximum atomic E-state index is 12.8. The molecular weight excluding hydrogens is 420 g/mol. The van der Waals surface area contributed by atoms with E-state index in [1.165, 1.54) is 6.26 Å². The van der Waals surface area contributed by atoms with Gasteiger partial charge in [-0.15, -0.1) is 0 Å². The Balaban J connectivity index is 1.56. The van der Waals surface area contributed by atoms with Gasteiger partial charge in [-0.3, -0.25) is 9.59 Å². The molecule has 0 aliphatic carbocycles. The summed E-state index contributed by atoms with van der Waals surface area (Å²) in [7, 11) is 0. The molecule has 0 aliphatic heterocycles. The number of carbonyl (C=O) groups is 2. The number of rotatable bonds is 4. The number of amides is 2. The minimum Gasteiger partial charge on any atom is -0.459 e. The van der Waals surface area contributed by atoms with Crippen LogP contribution in [0.5, 0.6) is 0 Å². The number of furan rings is 1. The number of hydrogen-bond donors (Lipinski definition) is 2. The fourth-order valence-corrected chi connectivity index (χ4v) is 3.44. The lowest BCUT2D eigenvalue weighted by Gasteiger charge is -2.10. The third-order valence-electron chi connectivity index (χ3n) is 4.24. The van der Waals surface area contributed by atoms with Crippen LogP contribution in [0.25, 0.3) is 10.8 Å². The first-order valence-corrected chi connectivity index (χ1v) is 9.34. The lowest BCUT2D eigenvalue weighted by molar-refractivity contribution is 0.0995. The van der Waals surface area contributed by atoms with Crippen molar-refractivity contribution in [3.63, 3.8) is 0 Å². The smallest absolute Gasteiger partial charge is 0.291 e. The minimum absolute atomic E-state index is 0.218. The number of benzene rings is 3. The second kappa shape index (κ2) is 7.70. The molecule has 4 rings (SSSR count). The van der Waals surface area contributed by atoms with E-state index in [0.717, 1.165) is 15.2 Å². The Morgan fingerprint density at radius 2 is 1.43 bits per heavy atom. The van der Waals surface area contributed by atoms with E-state index in [4.69, 9.17) is 4.42 Å². The number of hydrogen-bond acceptors (Lipinski definition) is 3. The van der Waals surface area contributed by atoms with Gasteiger partial charge < -0.3 is 15.1 Å². The highest BCUT2D eigenvalue weighted by Crippen LogP contribution is 2.27. The normalized spacial score (nSPS) is 10.6. The van der Waals surface area contributed by atoms with Crippen LogP contribution in [0.1, 0.15) is 20.9 Å². The van der Waals surface area contributed by atoms with Gasteiger partial charge in [0.1, 0.15) is 0 Å². The third-order valence-corrected chi connectivity index (χ3v) is 4.93. The van der Waals surface area contributed by atoms with Crippen molar-refractivity contribution >= 4 is 49.9 Å². The zero-order chi connectivity index (χ0) is 19.5. The van der Waals surface area contributed by atoms with Crippen LogP contribution in [0.4, 0.5) is 11.4 Å². The second-order valence-electron chi connectivity index (χ2n) is 6.11. The molecule has 28 heavy (non-hydrogen) atoms. The van der Waals surface area contributed by atoms with E-state index in [2.05, 4.69) is 26.6 Å². The SMILES string of the molecule is O=C(Nc1cccc(NC(=O)c2cccc3c(Br)cccc23)c1)c1ccco1. The Bertz CT molecular complexity index is 1170. The zero-order valence-corrected chi connectivity index (χ0v) is 16.2. The Kier molecular flexibility index (Phi) is 4.95. The zero-order valence-electron chi connectivity index (χ0n) is 14.6.